The number of hydrogen-bond acceptors (Lipinski definition) is 2. The lowest BCUT2D eigenvalue weighted by atomic mass is 9.69. The van der Waals surface area contributed by atoms with Crippen molar-refractivity contribution in [3.05, 3.63) is 0 Å². The molecular weight excluding hydrogens is 198 g/mol. The summed E-state index contributed by atoms with van der Waals surface area (Å²) in [4.78, 5) is -0.549. The fourth-order valence-electron chi connectivity index (χ4n) is 4.01. The lowest BCUT2D eigenvalue weighted by Crippen LogP contribution is -2.40. The average molecular weight is 215 g/mol. The molecule has 14 heavy (non-hydrogen) atoms. The van der Waals surface area contributed by atoms with Crippen molar-refractivity contribution in [3.8, 4) is 0 Å². The lowest BCUT2D eigenvalue weighted by molar-refractivity contribution is 0.130. The van der Waals surface area contributed by atoms with Crippen LogP contribution in [0.1, 0.15) is 40.0 Å². The molecule has 2 bridgehead atoms. The summed E-state index contributed by atoms with van der Waals surface area (Å²) in [6, 6.07) is 0. The summed E-state index contributed by atoms with van der Waals surface area (Å²) in [5.41, 5.74) is 0.118. The Bertz CT molecular complexity index is 414. The Kier molecular flexibility index (Phi) is 1.25. The normalized spacial score (nSPS) is 56.6. The van der Waals surface area contributed by atoms with Gasteiger partial charge in [0, 0.05) is 5.41 Å². The second kappa shape index (κ2) is 1.92. The van der Waals surface area contributed by atoms with Crippen molar-refractivity contribution in [2.45, 2.75) is 44.9 Å². The summed E-state index contributed by atoms with van der Waals surface area (Å²) in [5, 5.41) is 0. The molecule has 0 aromatic heterocycles. The van der Waals surface area contributed by atoms with Gasteiger partial charge in [-0.3, -0.25) is 0 Å². The minimum Gasteiger partial charge on any atom is -0.210 e. The molecule has 0 amide bonds. The highest BCUT2D eigenvalue weighted by Crippen LogP contribution is 2.74. The first-order valence-corrected chi connectivity index (χ1v) is 6.79. The molecule has 3 aliphatic rings. The van der Waals surface area contributed by atoms with Crippen LogP contribution in [-0.4, -0.2) is 13.3 Å². The van der Waals surface area contributed by atoms with Crippen molar-refractivity contribution in [2.75, 3.05) is 0 Å². The Balaban J connectivity index is 2.19. The molecule has 4 heteroatoms. The standard InChI is InChI=1S/C10H17NO2S/c1-8(2)7-4-5-9(8,3)10(6-7)11-14(10,12)13/h7,11H,4-6H2,1-3H3. The van der Waals surface area contributed by atoms with Crippen LogP contribution in [0.5, 0.6) is 0 Å². The molecule has 3 unspecified atom stereocenters. The van der Waals surface area contributed by atoms with Gasteiger partial charge in [-0.2, -0.15) is 4.72 Å². The van der Waals surface area contributed by atoms with E-state index >= 15 is 0 Å². The molecule has 1 N–H and O–H groups in total. The van der Waals surface area contributed by atoms with E-state index in [0.717, 1.165) is 12.8 Å². The Morgan fingerprint density at radius 1 is 1.29 bits per heavy atom. The van der Waals surface area contributed by atoms with Gasteiger partial charge in [0.2, 0.25) is 10.0 Å². The molecule has 3 nitrogen and oxygen atoms in total. The van der Waals surface area contributed by atoms with Gasteiger partial charge in [-0.1, -0.05) is 20.8 Å². The molecule has 2 aliphatic carbocycles. The highest BCUT2D eigenvalue weighted by molar-refractivity contribution is 7.97. The van der Waals surface area contributed by atoms with Gasteiger partial charge in [0.25, 0.3) is 0 Å². The van der Waals surface area contributed by atoms with Crippen LogP contribution >= 0.6 is 0 Å². The van der Waals surface area contributed by atoms with E-state index in [1.165, 1.54) is 6.42 Å². The molecule has 3 fully saturated rings. The van der Waals surface area contributed by atoms with Gasteiger partial charge >= 0.3 is 0 Å². The maximum atomic E-state index is 11.7. The van der Waals surface area contributed by atoms with Crippen LogP contribution in [0.4, 0.5) is 0 Å². The monoisotopic (exact) mass is 215 g/mol. The molecule has 80 valence electrons. The number of rotatable bonds is 0. The zero-order valence-electron chi connectivity index (χ0n) is 8.92. The molecule has 1 heterocycles. The predicted molar refractivity (Wildman–Crippen MR) is 54.0 cm³/mol. The van der Waals surface area contributed by atoms with E-state index in [9.17, 15) is 8.42 Å². The Morgan fingerprint density at radius 2 is 1.86 bits per heavy atom. The fraction of sp³-hybridized carbons (Fsp3) is 1.00. The molecule has 2 saturated carbocycles. The van der Waals surface area contributed by atoms with Crippen LogP contribution < -0.4 is 4.72 Å². The summed E-state index contributed by atoms with van der Waals surface area (Å²) < 4.78 is 26.1. The average Bonchev–Trinajstić information content (AvgIpc) is 2.46. The Morgan fingerprint density at radius 3 is 2.07 bits per heavy atom. The van der Waals surface area contributed by atoms with Crippen molar-refractivity contribution < 1.29 is 8.42 Å². The van der Waals surface area contributed by atoms with E-state index in [1.807, 2.05) is 0 Å². The smallest absolute Gasteiger partial charge is 0.210 e. The van der Waals surface area contributed by atoms with Crippen LogP contribution in [0.2, 0.25) is 0 Å². The van der Waals surface area contributed by atoms with Crippen molar-refractivity contribution in [1.82, 2.24) is 4.72 Å². The molecule has 3 rings (SSSR count). The molecule has 0 radical (unpaired) electrons. The number of nitrogens with one attached hydrogen (secondary N) is 1. The molecule has 0 aromatic rings. The van der Waals surface area contributed by atoms with Gasteiger partial charge in [0.1, 0.15) is 0 Å². The summed E-state index contributed by atoms with van der Waals surface area (Å²) in [5.74, 6) is 0.581. The maximum Gasteiger partial charge on any atom is 0.233 e. The van der Waals surface area contributed by atoms with E-state index in [0.29, 0.717) is 5.92 Å². The van der Waals surface area contributed by atoms with E-state index in [-0.39, 0.29) is 10.8 Å². The second-order valence-electron chi connectivity index (χ2n) is 5.93. The van der Waals surface area contributed by atoms with E-state index < -0.39 is 14.9 Å². The first-order chi connectivity index (χ1) is 6.27. The zero-order chi connectivity index (χ0) is 10.4. The molecule has 1 aliphatic heterocycles. The number of fused-ring (bicyclic) bond motifs is 3. The molecule has 1 saturated heterocycles. The molecule has 1 spiro atoms. The maximum absolute atomic E-state index is 11.7. The predicted octanol–water partition coefficient (Wildman–Crippen LogP) is 1.46. The zero-order valence-corrected chi connectivity index (χ0v) is 9.74. The highest BCUT2D eigenvalue weighted by atomic mass is 32.2. The first-order valence-electron chi connectivity index (χ1n) is 5.30. The first kappa shape index (κ1) is 9.16. The van der Waals surface area contributed by atoms with Gasteiger partial charge in [0.05, 0.1) is 0 Å². The van der Waals surface area contributed by atoms with Crippen molar-refractivity contribution in [2.24, 2.45) is 16.7 Å². The van der Waals surface area contributed by atoms with E-state index in [4.69, 9.17) is 0 Å². The van der Waals surface area contributed by atoms with Crippen molar-refractivity contribution in [3.63, 3.8) is 0 Å². The summed E-state index contributed by atoms with van der Waals surface area (Å²) in [6.07, 6.45) is 3.08. The van der Waals surface area contributed by atoms with Crippen LogP contribution in [0.25, 0.3) is 0 Å². The van der Waals surface area contributed by atoms with E-state index in [2.05, 4.69) is 25.5 Å². The van der Waals surface area contributed by atoms with Crippen molar-refractivity contribution >= 4 is 10.0 Å². The molecular formula is C10H17NO2S. The highest BCUT2D eigenvalue weighted by Gasteiger charge is 2.81. The minimum atomic E-state index is -2.97. The van der Waals surface area contributed by atoms with Crippen LogP contribution in [0.15, 0.2) is 0 Å². The fourth-order valence-corrected chi connectivity index (χ4v) is 6.29. The SMILES string of the molecule is CC1(C)C2CCC1(C)C1(C2)NS1(=O)=O. The van der Waals surface area contributed by atoms with E-state index in [1.54, 1.807) is 0 Å². The van der Waals surface area contributed by atoms with Gasteiger partial charge in [-0.05, 0) is 30.6 Å². The summed E-state index contributed by atoms with van der Waals surface area (Å²) in [6.45, 7) is 6.61. The number of sulfonamides is 1. The van der Waals surface area contributed by atoms with Gasteiger partial charge in [-0.25, -0.2) is 8.42 Å². The second-order valence-corrected chi connectivity index (χ2v) is 7.83. The van der Waals surface area contributed by atoms with Crippen LogP contribution in [0.3, 0.4) is 0 Å². The Labute approximate surface area is 85.3 Å². The van der Waals surface area contributed by atoms with Gasteiger partial charge in [-0.15, -0.1) is 0 Å². The minimum absolute atomic E-state index is 0.0521. The lowest BCUT2D eigenvalue weighted by Gasteiger charge is -2.36. The topological polar surface area (TPSA) is 56.1 Å². The largest absolute Gasteiger partial charge is 0.233 e. The third-order valence-electron chi connectivity index (χ3n) is 5.58. The third-order valence-corrected chi connectivity index (χ3v) is 7.63. The van der Waals surface area contributed by atoms with Crippen LogP contribution in [-0.2, 0) is 10.0 Å². The summed E-state index contributed by atoms with van der Waals surface area (Å²) in [7, 11) is -2.97. The molecule has 3 atom stereocenters. The Hall–Kier alpha value is -0.0900. The van der Waals surface area contributed by atoms with Gasteiger partial charge < -0.3 is 0 Å². The van der Waals surface area contributed by atoms with Crippen molar-refractivity contribution in [1.29, 1.82) is 0 Å². The van der Waals surface area contributed by atoms with Gasteiger partial charge in [0.15, 0.2) is 4.87 Å². The summed E-state index contributed by atoms with van der Waals surface area (Å²) >= 11 is 0. The number of hydrogen-bond donors (Lipinski definition) is 1. The third kappa shape index (κ3) is 0.618. The van der Waals surface area contributed by atoms with Crippen LogP contribution in [0, 0.1) is 16.7 Å². The molecule has 0 aromatic carbocycles. The quantitative estimate of drug-likeness (QED) is 0.622.